The quantitative estimate of drug-likeness (QED) is 0.214. The number of allylic oxidation sites excluding steroid dienone is 2. The molecule has 0 aromatic carbocycles. The lowest BCUT2D eigenvalue weighted by Crippen LogP contribution is -2.64. The van der Waals surface area contributed by atoms with E-state index >= 15 is 0 Å². The minimum Gasteiger partial charge on any atom is -0.465 e. The predicted octanol–water partition coefficient (Wildman–Crippen LogP) is 2.77. The second kappa shape index (κ2) is 10.3. The molecule has 0 saturated heterocycles. The number of Topliss-reactive ketones (excluding diaryl/α,β-unsaturated/α-hetero) is 1. The third-order valence-corrected chi connectivity index (χ3v) is 9.34. The van der Waals surface area contributed by atoms with Gasteiger partial charge in [0, 0.05) is 43.3 Å². The molecule has 8 atom stereocenters. The van der Waals surface area contributed by atoms with Crippen LogP contribution in [-0.2, 0) is 42.9 Å². The molecule has 10 heteroatoms. The first kappa shape index (κ1) is 29.7. The highest BCUT2D eigenvalue weighted by molar-refractivity contribution is 5.95. The zero-order valence-corrected chi connectivity index (χ0v) is 24.1. The molecule has 0 amide bonds. The summed E-state index contributed by atoms with van der Waals surface area (Å²) in [5, 5.41) is 12.8. The van der Waals surface area contributed by atoms with E-state index in [4.69, 9.17) is 18.9 Å². The average molecular weight is 559 g/mol. The lowest BCUT2D eigenvalue weighted by Gasteiger charge is -2.47. The first-order valence-electron chi connectivity index (χ1n) is 13.6. The number of ether oxygens (including phenoxy) is 4. The maximum Gasteiger partial charge on any atom is 0.334 e. The van der Waals surface area contributed by atoms with Gasteiger partial charge in [-0.3, -0.25) is 19.2 Å². The van der Waals surface area contributed by atoms with Crippen LogP contribution in [0.5, 0.6) is 0 Å². The van der Waals surface area contributed by atoms with Crippen molar-refractivity contribution in [2.45, 2.75) is 79.1 Å². The highest BCUT2D eigenvalue weighted by Crippen LogP contribution is 2.71. The third kappa shape index (κ3) is 4.50. The summed E-state index contributed by atoms with van der Waals surface area (Å²) in [7, 11) is 0. The summed E-state index contributed by atoms with van der Waals surface area (Å²) < 4.78 is 22.3. The van der Waals surface area contributed by atoms with Crippen molar-refractivity contribution in [3.63, 3.8) is 0 Å². The van der Waals surface area contributed by atoms with E-state index in [-0.39, 0.29) is 42.8 Å². The number of fused-ring (bicyclic) bond motifs is 3. The van der Waals surface area contributed by atoms with Gasteiger partial charge in [-0.2, -0.15) is 0 Å². The largest absolute Gasteiger partial charge is 0.465 e. The number of aliphatic hydroxyl groups is 1. The Morgan fingerprint density at radius 2 is 1.68 bits per heavy atom. The van der Waals surface area contributed by atoms with Gasteiger partial charge in [0.2, 0.25) is 0 Å². The average Bonchev–Trinajstić information content (AvgIpc) is 3.45. The van der Waals surface area contributed by atoms with Crippen molar-refractivity contribution in [2.75, 3.05) is 13.2 Å². The van der Waals surface area contributed by atoms with Crippen molar-refractivity contribution in [1.82, 2.24) is 0 Å². The molecule has 1 spiro atoms. The van der Waals surface area contributed by atoms with Crippen LogP contribution in [0.3, 0.4) is 0 Å². The number of carbonyl (C=O) groups is 5. The van der Waals surface area contributed by atoms with Crippen LogP contribution in [0, 0.1) is 28.6 Å². The van der Waals surface area contributed by atoms with Gasteiger partial charge < -0.3 is 24.1 Å². The van der Waals surface area contributed by atoms with Gasteiger partial charge in [0.1, 0.15) is 6.61 Å². The SMILES string of the molecule is C/C=C(/C)C(=O)O[C@H]1C(C)=C[C@@]23CC[C@@H]4[C@H]([C@H](C=C(COC(C)=O)[C@@H](OC(C)=O)[C@]12O)C3=O)C4(C)COC(C)=O. The molecule has 10 nitrogen and oxygen atoms in total. The smallest absolute Gasteiger partial charge is 0.334 e. The molecule has 2 saturated carbocycles. The molecular weight excluding hydrogens is 520 g/mol. The van der Waals surface area contributed by atoms with Gasteiger partial charge in [-0.25, -0.2) is 4.79 Å². The molecule has 218 valence electrons. The standard InChI is InChI=1S/C30H38O10/c1-8-15(2)27(35)40-25-16(3)12-29-10-9-22-23(28(22,7)14-38-18(5)32)21(24(29)34)11-20(13-37-17(4)31)26(30(25,29)36)39-19(6)33/h8,11-12,21-23,25-26,36H,9-10,13-14H2,1-7H3/b15-8-/t21-,22+,23-,25-,26+,28?,29+,30+/m0/s1. The van der Waals surface area contributed by atoms with Gasteiger partial charge >= 0.3 is 23.9 Å². The Morgan fingerprint density at radius 3 is 2.25 bits per heavy atom. The summed E-state index contributed by atoms with van der Waals surface area (Å²) in [6.45, 7) is 10.4. The maximum absolute atomic E-state index is 14.6. The second-order valence-electron chi connectivity index (χ2n) is 11.8. The fourth-order valence-electron chi connectivity index (χ4n) is 7.29. The van der Waals surface area contributed by atoms with Crippen LogP contribution in [0.2, 0.25) is 0 Å². The summed E-state index contributed by atoms with van der Waals surface area (Å²) in [6, 6.07) is 0. The Bertz CT molecular complexity index is 1240. The van der Waals surface area contributed by atoms with Crippen LogP contribution in [-0.4, -0.2) is 65.8 Å². The van der Waals surface area contributed by atoms with Gasteiger partial charge in [0.05, 0.1) is 12.0 Å². The van der Waals surface area contributed by atoms with E-state index < -0.39 is 58.4 Å². The summed E-state index contributed by atoms with van der Waals surface area (Å²) in [5.74, 6) is -3.73. The van der Waals surface area contributed by atoms with Crippen LogP contribution in [0.1, 0.15) is 61.3 Å². The Labute approximate surface area is 233 Å². The molecule has 4 aliphatic carbocycles. The molecule has 2 bridgehead atoms. The molecule has 0 radical (unpaired) electrons. The first-order chi connectivity index (χ1) is 18.6. The normalized spacial score (nSPS) is 38.0. The minimum atomic E-state index is -2.20. The Hall–Kier alpha value is -3.27. The first-order valence-corrected chi connectivity index (χ1v) is 13.6. The van der Waals surface area contributed by atoms with Crippen molar-refractivity contribution in [3.8, 4) is 0 Å². The van der Waals surface area contributed by atoms with Gasteiger partial charge in [-0.05, 0) is 51.0 Å². The van der Waals surface area contributed by atoms with Crippen molar-refractivity contribution < 1.29 is 48.0 Å². The predicted molar refractivity (Wildman–Crippen MR) is 140 cm³/mol. The topological polar surface area (TPSA) is 143 Å². The van der Waals surface area contributed by atoms with Crippen LogP contribution in [0.25, 0.3) is 0 Å². The van der Waals surface area contributed by atoms with Crippen molar-refractivity contribution in [2.24, 2.45) is 28.6 Å². The van der Waals surface area contributed by atoms with Crippen LogP contribution >= 0.6 is 0 Å². The Morgan fingerprint density at radius 1 is 1.02 bits per heavy atom. The van der Waals surface area contributed by atoms with E-state index in [9.17, 15) is 29.1 Å². The van der Waals surface area contributed by atoms with Crippen molar-refractivity contribution in [1.29, 1.82) is 0 Å². The van der Waals surface area contributed by atoms with E-state index in [1.54, 1.807) is 39.0 Å². The Balaban J connectivity index is 1.90. The van der Waals surface area contributed by atoms with Crippen molar-refractivity contribution >= 4 is 29.7 Å². The van der Waals surface area contributed by atoms with E-state index in [2.05, 4.69) is 0 Å². The van der Waals surface area contributed by atoms with Crippen LogP contribution in [0.15, 0.2) is 34.9 Å². The Kier molecular flexibility index (Phi) is 7.64. The van der Waals surface area contributed by atoms with E-state index in [0.29, 0.717) is 17.6 Å². The molecule has 0 aromatic heterocycles. The lowest BCUT2D eigenvalue weighted by atomic mass is 9.63. The van der Waals surface area contributed by atoms with Gasteiger partial charge in [0.25, 0.3) is 0 Å². The van der Waals surface area contributed by atoms with Crippen LogP contribution in [0.4, 0.5) is 0 Å². The fraction of sp³-hybridized carbons (Fsp3) is 0.633. The number of esters is 4. The summed E-state index contributed by atoms with van der Waals surface area (Å²) in [5.41, 5.74) is -3.26. The number of hydrogen-bond donors (Lipinski definition) is 1. The van der Waals surface area contributed by atoms with Gasteiger partial charge in [-0.15, -0.1) is 0 Å². The number of carbonyl (C=O) groups excluding carboxylic acids is 5. The molecule has 1 unspecified atom stereocenters. The van der Waals surface area contributed by atoms with E-state index in [1.807, 2.05) is 6.92 Å². The molecule has 0 heterocycles. The minimum absolute atomic E-state index is 0.00139. The number of ketones is 1. The molecule has 0 aliphatic heterocycles. The maximum atomic E-state index is 14.6. The molecule has 2 fully saturated rings. The van der Waals surface area contributed by atoms with Gasteiger partial charge in [-0.1, -0.05) is 25.2 Å². The number of hydrogen-bond acceptors (Lipinski definition) is 10. The fourth-order valence-corrected chi connectivity index (χ4v) is 7.29. The zero-order valence-electron chi connectivity index (χ0n) is 24.1. The molecular formula is C30H38O10. The lowest BCUT2D eigenvalue weighted by molar-refractivity contribution is -0.205. The summed E-state index contributed by atoms with van der Waals surface area (Å²) in [6.07, 6.45) is 2.82. The van der Waals surface area contributed by atoms with Gasteiger partial charge in [0.15, 0.2) is 23.6 Å². The highest BCUT2D eigenvalue weighted by Gasteiger charge is 2.76. The van der Waals surface area contributed by atoms with E-state index in [1.165, 1.54) is 20.8 Å². The monoisotopic (exact) mass is 558 g/mol. The summed E-state index contributed by atoms with van der Waals surface area (Å²) >= 11 is 0. The van der Waals surface area contributed by atoms with Crippen molar-refractivity contribution in [3.05, 3.63) is 34.9 Å². The zero-order chi connectivity index (χ0) is 29.8. The molecule has 40 heavy (non-hydrogen) atoms. The molecule has 1 N–H and O–H groups in total. The molecule has 4 rings (SSSR count). The molecule has 4 aliphatic rings. The summed E-state index contributed by atoms with van der Waals surface area (Å²) in [4.78, 5) is 63.5. The highest BCUT2D eigenvalue weighted by atomic mass is 16.6. The third-order valence-electron chi connectivity index (χ3n) is 9.34. The second-order valence-corrected chi connectivity index (χ2v) is 11.8. The number of rotatable bonds is 7. The van der Waals surface area contributed by atoms with Crippen LogP contribution < -0.4 is 0 Å². The molecule has 0 aromatic rings. The van der Waals surface area contributed by atoms with E-state index in [0.717, 1.165) is 0 Å².